The number of fused-ring (bicyclic) bond motifs is 1. The van der Waals surface area contributed by atoms with Gasteiger partial charge in [0.2, 0.25) is 11.6 Å². The summed E-state index contributed by atoms with van der Waals surface area (Å²) < 4.78 is 80.4. The highest BCUT2D eigenvalue weighted by molar-refractivity contribution is 5.91. The largest absolute Gasteiger partial charge is 0.431 e. The second-order valence-electron chi connectivity index (χ2n) is 7.43. The minimum Gasteiger partial charge on any atom is -0.333 e. The molecule has 2 aliphatic rings. The van der Waals surface area contributed by atoms with E-state index in [9.17, 15) is 31.1 Å². The zero-order valence-corrected chi connectivity index (χ0v) is 16.3. The molecule has 0 aliphatic carbocycles. The minimum atomic E-state index is -4.56. The molecule has 0 spiro atoms. The van der Waals surface area contributed by atoms with E-state index in [1.54, 1.807) is 0 Å². The summed E-state index contributed by atoms with van der Waals surface area (Å²) in [7, 11) is 1.54. The van der Waals surface area contributed by atoms with E-state index < -0.39 is 35.3 Å². The number of carbonyl (C=O) groups excluding carboxylic acids is 1. The molecule has 2 N–H and O–H groups in total. The van der Waals surface area contributed by atoms with E-state index >= 15 is 0 Å². The molecule has 30 heavy (non-hydrogen) atoms. The number of hydrogen-bond donors (Lipinski definition) is 2. The quantitative estimate of drug-likeness (QED) is 0.547. The van der Waals surface area contributed by atoms with Gasteiger partial charge in [0.1, 0.15) is 11.7 Å². The lowest BCUT2D eigenvalue weighted by atomic mass is 10.0. The van der Waals surface area contributed by atoms with Crippen molar-refractivity contribution in [3.8, 4) is 0 Å². The number of piperazine rings is 1. The summed E-state index contributed by atoms with van der Waals surface area (Å²) in [6.07, 6.45) is -4.73. The molecule has 12 heteroatoms. The molecule has 0 aromatic heterocycles. The SMILES string of the molecule is CN[C@@H](CC(=O)N1CCN2C(=NNC2(C)C(F)(F)F)C1)Cc1cc(F)c(F)cc1F. The molecule has 0 radical (unpaired) electrons. The van der Waals surface area contributed by atoms with Crippen molar-refractivity contribution in [3.63, 3.8) is 0 Å². The third-order valence-corrected chi connectivity index (χ3v) is 5.47. The molecule has 166 valence electrons. The van der Waals surface area contributed by atoms with Crippen LogP contribution < -0.4 is 10.7 Å². The zero-order valence-electron chi connectivity index (χ0n) is 16.3. The van der Waals surface area contributed by atoms with Gasteiger partial charge >= 0.3 is 6.18 Å². The van der Waals surface area contributed by atoms with Gasteiger partial charge in [0, 0.05) is 31.6 Å². The van der Waals surface area contributed by atoms with E-state index in [1.165, 1.54) is 11.9 Å². The second-order valence-corrected chi connectivity index (χ2v) is 7.43. The Kier molecular flexibility index (Phi) is 5.89. The van der Waals surface area contributed by atoms with Gasteiger partial charge in [-0.2, -0.15) is 18.3 Å². The Morgan fingerprint density at radius 2 is 1.90 bits per heavy atom. The Morgan fingerprint density at radius 1 is 1.23 bits per heavy atom. The number of carbonyl (C=O) groups is 1. The van der Waals surface area contributed by atoms with Gasteiger partial charge in [-0.25, -0.2) is 13.2 Å². The summed E-state index contributed by atoms with van der Waals surface area (Å²) in [5.74, 6) is -3.69. The van der Waals surface area contributed by atoms with Gasteiger partial charge in [-0.1, -0.05) is 0 Å². The third kappa shape index (κ3) is 4.05. The Hall–Kier alpha value is -2.50. The number of benzene rings is 1. The number of nitrogens with zero attached hydrogens (tertiary/aromatic N) is 3. The summed E-state index contributed by atoms with van der Waals surface area (Å²) in [4.78, 5) is 15.1. The van der Waals surface area contributed by atoms with E-state index in [0.29, 0.717) is 6.07 Å². The molecule has 0 saturated carbocycles. The van der Waals surface area contributed by atoms with Crippen LogP contribution in [0.25, 0.3) is 0 Å². The van der Waals surface area contributed by atoms with E-state index in [-0.39, 0.29) is 49.8 Å². The lowest BCUT2D eigenvalue weighted by Gasteiger charge is -2.42. The number of amides is 1. The van der Waals surface area contributed by atoms with E-state index in [2.05, 4.69) is 15.8 Å². The fourth-order valence-corrected chi connectivity index (χ4v) is 3.53. The van der Waals surface area contributed by atoms with Crippen molar-refractivity contribution >= 4 is 11.7 Å². The molecule has 1 amide bonds. The fraction of sp³-hybridized carbons (Fsp3) is 0.556. The van der Waals surface area contributed by atoms with Crippen LogP contribution in [0.1, 0.15) is 18.9 Å². The molecule has 0 bridgehead atoms. The molecule has 1 aromatic rings. The second kappa shape index (κ2) is 7.97. The predicted octanol–water partition coefficient (Wildman–Crippen LogP) is 1.96. The van der Waals surface area contributed by atoms with Crippen molar-refractivity contribution in [2.75, 3.05) is 26.7 Å². The first kappa shape index (κ1) is 22.2. The van der Waals surface area contributed by atoms with Gasteiger partial charge < -0.3 is 15.1 Å². The molecular weight excluding hydrogens is 416 g/mol. The fourth-order valence-electron chi connectivity index (χ4n) is 3.53. The van der Waals surface area contributed by atoms with Crippen molar-refractivity contribution in [2.45, 2.75) is 37.6 Å². The summed E-state index contributed by atoms with van der Waals surface area (Å²) >= 11 is 0. The molecule has 2 aliphatic heterocycles. The van der Waals surface area contributed by atoms with Crippen molar-refractivity contribution < 1.29 is 31.1 Å². The van der Waals surface area contributed by atoms with Gasteiger partial charge in [0.15, 0.2) is 11.6 Å². The normalized spacial score (nSPS) is 22.5. The molecule has 1 fully saturated rings. The predicted molar refractivity (Wildman–Crippen MR) is 95.8 cm³/mol. The standard InChI is InChI=1S/C18H21F6N5O/c1-17(18(22,23)24)27-26-15-9-28(3-4-29(15)17)16(30)7-11(25-2)5-10-6-13(20)14(21)8-12(10)19/h6,8,11,25,27H,3-5,7,9H2,1-2H3/t11-,17?/m1/s1. The Bertz CT molecular complexity index is 860. The lowest BCUT2D eigenvalue weighted by molar-refractivity contribution is -0.221. The summed E-state index contributed by atoms with van der Waals surface area (Å²) in [6, 6.07) is 0.607. The molecule has 1 aromatic carbocycles. The monoisotopic (exact) mass is 437 g/mol. The number of alkyl halides is 3. The molecule has 3 rings (SSSR count). The van der Waals surface area contributed by atoms with Gasteiger partial charge in [-0.15, -0.1) is 0 Å². The van der Waals surface area contributed by atoms with Gasteiger partial charge in [-0.05, 0) is 32.0 Å². The first-order valence-corrected chi connectivity index (χ1v) is 9.23. The van der Waals surface area contributed by atoms with Crippen molar-refractivity contribution in [3.05, 3.63) is 35.1 Å². The van der Waals surface area contributed by atoms with Crippen LogP contribution in [0.15, 0.2) is 17.2 Å². The van der Waals surface area contributed by atoms with Crippen LogP contribution in [0.3, 0.4) is 0 Å². The van der Waals surface area contributed by atoms with Gasteiger partial charge in [0.05, 0.1) is 6.54 Å². The van der Waals surface area contributed by atoms with E-state index in [4.69, 9.17) is 0 Å². The summed E-state index contributed by atoms with van der Waals surface area (Å²) in [5, 5.41) is 6.57. The highest BCUT2D eigenvalue weighted by Gasteiger charge is 2.59. The first-order valence-electron chi connectivity index (χ1n) is 9.23. The van der Waals surface area contributed by atoms with Crippen LogP contribution in [0.2, 0.25) is 0 Å². The van der Waals surface area contributed by atoms with E-state index in [1.807, 2.05) is 0 Å². The number of halogens is 6. The van der Waals surface area contributed by atoms with Gasteiger partial charge in [0.25, 0.3) is 0 Å². The summed E-state index contributed by atoms with van der Waals surface area (Å²) in [6.45, 7) is 0.874. The Balaban J connectivity index is 1.63. The maximum absolute atomic E-state index is 13.9. The molecule has 2 atom stereocenters. The lowest BCUT2D eigenvalue weighted by Crippen LogP contribution is -2.65. The molecule has 6 nitrogen and oxygen atoms in total. The highest BCUT2D eigenvalue weighted by Crippen LogP contribution is 2.37. The number of likely N-dealkylation sites (N-methyl/N-ethyl adjacent to an activating group) is 1. The molecule has 1 saturated heterocycles. The van der Waals surface area contributed by atoms with E-state index in [0.717, 1.165) is 17.9 Å². The zero-order chi connectivity index (χ0) is 22.3. The van der Waals surface area contributed by atoms with Crippen molar-refractivity contribution in [1.29, 1.82) is 0 Å². The average Bonchev–Trinajstić information content (AvgIpc) is 3.03. The number of hydrazone groups is 1. The van der Waals surface area contributed by atoms with Crippen LogP contribution in [0, 0.1) is 17.5 Å². The van der Waals surface area contributed by atoms with Gasteiger partial charge in [-0.3, -0.25) is 10.2 Å². The van der Waals surface area contributed by atoms with Crippen LogP contribution in [-0.4, -0.2) is 66.1 Å². The van der Waals surface area contributed by atoms with Crippen LogP contribution in [0.4, 0.5) is 26.3 Å². The molecule has 2 heterocycles. The Morgan fingerprint density at radius 3 is 2.53 bits per heavy atom. The topological polar surface area (TPSA) is 60.0 Å². The molecule has 1 unspecified atom stereocenters. The summed E-state index contributed by atoms with van der Waals surface area (Å²) in [5.41, 5.74) is -0.305. The number of nitrogens with one attached hydrogen (secondary N) is 2. The first-order chi connectivity index (χ1) is 14.0. The van der Waals surface area contributed by atoms with Crippen molar-refractivity contribution in [2.24, 2.45) is 5.10 Å². The van der Waals surface area contributed by atoms with Crippen LogP contribution in [0.5, 0.6) is 0 Å². The minimum absolute atomic E-state index is 0.0567. The highest BCUT2D eigenvalue weighted by atomic mass is 19.4. The maximum atomic E-state index is 13.9. The van der Waals surface area contributed by atoms with Crippen molar-refractivity contribution in [1.82, 2.24) is 20.5 Å². The molecular formula is C18H21F6N5O. The average molecular weight is 437 g/mol. The number of hydrogen-bond acceptors (Lipinski definition) is 5. The Labute approximate surface area is 168 Å². The van der Waals surface area contributed by atoms with Crippen LogP contribution >= 0.6 is 0 Å². The number of amidine groups is 1. The van der Waals surface area contributed by atoms with Crippen LogP contribution in [-0.2, 0) is 11.2 Å². The third-order valence-electron chi connectivity index (χ3n) is 5.47. The smallest absolute Gasteiger partial charge is 0.333 e. The maximum Gasteiger partial charge on any atom is 0.431 e. The number of rotatable bonds is 5.